The number of rotatable bonds is 7. The molecule has 0 radical (unpaired) electrons. The van der Waals surface area contributed by atoms with E-state index in [0.717, 1.165) is 5.56 Å². The van der Waals surface area contributed by atoms with Gasteiger partial charge in [-0.15, -0.1) is 0 Å². The lowest BCUT2D eigenvalue weighted by Gasteiger charge is -2.20. The highest BCUT2D eigenvalue weighted by molar-refractivity contribution is 7.89. The second-order valence-corrected chi connectivity index (χ2v) is 8.96. The monoisotopic (exact) mass is 390 g/mol. The van der Waals surface area contributed by atoms with Gasteiger partial charge >= 0.3 is 0 Å². The number of methoxy groups -OCH3 is 1. The van der Waals surface area contributed by atoms with Crippen LogP contribution >= 0.6 is 0 Å². The van der Waals surface area contributed by atoms with Crippen LogP contribution in [-0.4, -0.2) is 27.0 Å². The van der Waals surface area contributed by atoms with Crippen LogP contribution < -0.4 is 14.8 Å². The smallest absolute Gasteiger partial charge is 0.241 e. The van der Waals surface area contributed by atoms with E-state index in [1.165, 1.54) is 0 Å². The number of anilines is 1. The fraction of sp³-hybridized carbons (Fsp3) is 0.350. The molecule has 0 saturated heterocycles. The van der Waals surface area contributed by atoms with E-state index in [2.05, 4.69) is 10.0 Å². The maximum atomic E-state index is 12.3. The van der Waals surface area contributed by atoms with Gasteiger partial charge in [-0.2, -0.15) is 0 Å². The summed E-state index contributed by atoms with van der Waals surface area (Å²) in [5, 5.41) is 2.82. The molecule has 0 heterocycles. The Kier molecular flexibility index (Phi) is 6.62. The van der Waals surface area contributed by atoms with E-state index < -0.39 is 15.6 Å². The highest BCUT2D eigenvalue weighted by atomic mass is 32.2. The molecule has 2 rings (SSSR count). The predicted octanol–water partition coefficient (Wildman–Crippen LogP) is 3.34. The summed E-state index contributed by atoms with van der Waals surface area (Å²) in [6.07, 6.45) is 0.812. The molecule has 0 aromatic heterocycles. The summed E-state index contributed by atoms with van der Waals surface area (Å²) in [6.45, 7) is 5.37. The van der Waals surface area contributed by atoms with Crippen molar-refractivity contribution in [2.24, 2.45) is 0 Å². The first-order valence-electron chi connectivity index (χ1n) is 8.66. The van der Waals surface area contributed by atoms with Crippen molar-refractivity contribution < 1.29 is 17.9 Å². The molecule has 27 heavy (non-hydrogen) atoms. The lowest BCUT2D eigenvalue weighted by molar-refractivity contribution is -0.116. The van der Waals surface area contributed by atoms with Gasteiger partial charge in [-0.1, -0.05) is 18.2 Å². The Hall–Kier alpha value is -2.38. The zero-order valence-corrected chi connectivity index (χ0v) is 16.9. The Balaban J connectivity index is 1.93. The van der Waals surface area contributed by atoms with E-state index in [0.29, 0.717) is 24.3 Å². The van der Waals surface area contributed by atoms with Crippen LogP contribution in [0.5, 0.6) is 5.75 Å². The van der Waals surface area contributed by atoms with Crippen LogP contribution in [0.3, 0.4) is 0 Å². The molecule has 2 aromatic rings. The molecular weight excluding hydrogens is 364 g/mol. The van der Waals surface area contributed by atoms with Crippen LogP contribution in [0.15, 0.2) is 53.4 Å². The van der Waals surface area contributed by atoms with E-state index in [9.17, 15) is 13.2 Å². The van der Waals surface area contributed by atoms with Crippen molar-refractivity contribution >= 4 is 21.6 Å². The second-order valence-electron chi connectivity index (χ2n) is 7.28. The van der Waals surface area contributed by atoms with Gasteiger partial charge in [0.15, 0.2) is 0 Å². The Bertz CT molecular complexity index is 885. The maximum absolute atomic E-state index is 12.3. The topological polar surface area (TPSA) is 84.5 Å². The Morgan fingerprint density at radius 1 is 1.07 bits per heavy atom. The zero-order valence-electron chi connectivity index (χ0n) is 16.1. The highest BCUT2D eigenvalue weighted by Crippen LogP contribution is 2.18. The minimum atomic E-state index is -3.55. The normalized spacial score (nSPS) is 11.9. The van der Waals surface area contributed by atoms with Crippen molar-refractivity contribution in [3.63, 3.8) is 0 Å². The summed E-state index contributed by atoms with van der Waals surface area (Å²) >= 11 is 0. The van der Waals surface area contributed by atoms with Gasteiger partial charge in [-0.3, -0.25) is 4.79 Å². The van der Waals surface area contributed by atoms with Crippen molar-refractivity contribution in [1.29, 1.82) is 0 Å². The summed E-state index contributed by atoms with van der Waals surface area (Å²) in [7, 11) is -1.98. The minimum absolute atomic E-state index is 0.116. The maximum Gasteiger partial charge on any atom is 0.241 e. The molecule has 2 aromatic carbocycles. The van der Waals surface area contributed by atoms with Gasteiger partial charge in [0, 0.05) is 23.7 Å². The van der Waals surface area contributed by atoms with Gasteiger partial charge in [-0.25, -0.2) is 13.1 Å². The number of carbonyl (C=O) groups is 1. The fourth-order valence-electron chi connectivity index (χ4n) is 2.48. The molecule has 0 aliphatic heterocycles. The number of benzene rings is 2. The molecule has 146 valence electrons. The third-order valence-electron chi connectivity index (χ3n) is 3.67. The van der Waals surface area contributed by atoms with E-state index in [-0.39, 0.29) is 10.8 Å². The zero-order chi connectivity index (χ0) is 20.1. The van der Waals surface area contributed by atoms with Crippen LogP contribution in [0.1, 0.15) is 32.8 Å². The number of aryl methyl sites for hydroxylation is 1. The van der Waals surface area contributed by atoms with E-state index in [4.69, 9.17) is 4.74 Å². The standard InChI is InChI=1S/C20H26N2O4S/c1-20(2,3)22-27(24,25)18-11-8-15(9-12-18)10-13-19(23)21-16-6-5-7-17(14-16)26-4/h5-9,11-12,14,22H,10,13H2,1-4H3,(H,21,23). The lowest BCUT2D eigenvalue weighted by Crippen LogP contribution is -2.40. The van der Waals surface area contributed by atoms with Crippen LogP contribution in [0.4, 0.5) is 5.69 Å². The SMILES string of the molecule is COc1cccc(NC(=O)CCc2ccc(S(=O)(=O)NC(C)(C)C)cc2)c1. The molecule has 0 unspecified atom stereocenters. The van der Waals surface area contributed by atoms with Crippen molar-refractivity contribution in [3.8, 4) is 5.75 Å². The molecule has 0 bridgehead atoms. The summed E-state index contributed by atoms with van der Waals surface area (Å²) in [5.74, 6) is 0.558. The summed E-state index contributed by atoms with van der Waals surface area (Å²) < 4.78 is 32.3. The lowest BCUT2D eigenvalue weighted by atomic mass is 10.1. The summed E-state index contributed by atoms with van der Waals surface area (Å²) in [6, 6.07) is 13.7. The minimum Gasteiger partial charge on any atom is -0.497 e. The number of hydrogen-bond donors (Lipinski definition) is 2. The van der Waals surface area contributed by atoms with Crippen molar-refractivity contribution in [1.82, 2.24) is 4.72 Å². The van der Waals surface area contributed by atoms with Crippen molar-refractivity contribution in [2.75, 3.05) is 12.4 Å². The van der Waals surface area contributed by atoms with Gasteiger partial charge < -0.3 is 10.1 Å². The summed E-state index contributed by atoms with van der Waals surface area (Å²) in [4.78, 5) is 12.3. The number of nitrogens with one attached hydrogen (secondary N) is 2. The van der Waals surface area contributed by atoms with Crippen LogP contribution in [0.2, 0.25) is 0 Å². The van der Waals surface area contributed by atoms with Crippen LogP contribution in [-0.2, 0) is 21.2 Å². The van der Waals surface area contributed by atoms with Gasteiger partial charge in [-0.05, 0) is 57.0 Å². The van der Waals surface area contributed by atoms with E-state index in [1.54, 1.807) is 76.4 Å². The number of carbonyl (C=O) groups excluding carboxylic acids is 1. The number of sulfonamides is 1. The van der Waals surface area contributed by atoms with Gasteiger partial charge in [0.2, 0.25) is 15.9 Å². The Morgan fingerprint density at radius 3 is 2.33 bits per heavy atom. The molecule has 0 spiro atoms. The molecule has 0 aliphatic carbocycles. The van der Waals surface area contributed by atoms with Crippen LogP contribution in [0.25, 0.3) is 0 Å². The molecule has 7 heteroatoms. The van der Waals surface area contributed by atoms with Gasteiger partial charge in [0.25, 0.3) is 0 Å². The summed E-state index contributed by atoms with van der Waals surface area (Å²) in [5.41, 5.74) is 1.02. The number of hydrogen-bond acceptors (Lipinski definition) is 4. The molecule has 2 N–H and O–H groups in total. The average Bonchev–Trinajstić information content (AvgIpc) is 2.58. The molecule has 0 saturated carbocycles. The Morgan fingerprint density at radius 2 is 1.74 bits per heavy atom. The first-order valence-corrected chi connectivity index (χ1v) is 10.1. The molecule has 0 atom stereocenters. The molecule has 0 aliphatic rings. The van der Waals surface area contributed by atoms with Crippen molar-refractivity contribution in [3.05, 3.63) is 54.1 Å². The number of amides is 1. The molecular formula is C20H26N2O4S. The first-order chi connectivity index (χ1) is 12.6. The largest absolute Gasteiger partial charge is 0.497 e. The third-order valence-corrected chi connectivity index (χ3v) is 5.44. The molecule has 0 fully saturated rings. The highest BCUT2D eigenvalue weighted by Gasteiger charge is 2.21. The van der Waals surface area contributed by atoms with Crippen molar-refractivity contribution in [2.45, 2.75) is 44.0 Å². The third kappa shape index (κ3) is 6.69. The Labute approximate surface area is 161 Å². The quantitative estimate of drug-likeness (QED) is 0.759. The van der Waals surface area contributed by atoms with E-state index in [1.807, 2.05) is 0 Å². The fourth-order valence-corrected chi connectivity index (χ4v) is 3.90. The predicted molar refractivity (Wildman–Crippen MR) is 106 cm³/mol. The molecule has 6 nitrogen and oxygen atoms in total. The number of ether oxygens (including phenoxy) is 1. The second kappa shape index (κ2) is 8.54. The van der Waals surface area contributed by atoms with Gasteiger partial charge in [0.1, 0.15) is 5.75 Å². The first kappa shape index (κ1) is 20.9. The van der Waals surface area contributed by atoms with Crippen LogP contribution in [0, 0.1) is 0 Å². The molecule has 1 amide bonds. The van der Waals surface area contributed by atoms with Gasteiger partial charge in [0.05, 0.1) is 12.0 Å². The average molecular weight is 391 g/mol. The van der Waals surface area contributed by atoms with E-state index >= 15 is 0 Å².